The quantitative estimate of drug-likeness (QED) is 0.872. The second kappa shape index (κ2) is 5.47. The van der Waals surface area contributed by atoms with E-state index in [0.717, 1.165) is 11.3 Å². The van der Waals surface area contributed by atoms with Crippen LogP contribution in [0.5, 0.6) is 0 Å². The van der Waals surface area contributed by atoms with Crippen molar-refractivity contribution < 1.29 is 9.31 Å². The molecular formula is C15H24BClN2O2. The molecule has 0 unspecified atom stereocenters. The maximum Gasteiger partial charge on any atom is 0.480 e. The summed E-state index contributed by atoms with van der Waals surface area (Å²) >= 11 is 6.37. The van der Waals surface area contributed by atoms with Crippen molar-refractivity contribution in [2.24, 2.45) is 5.73 Å². The van der Waals surface area contributed by atoms with Crippen LogP contribution in [0.2, 0.25) is 5.02 Å². The van der Waals surface area contributed by atoms with E-state index in [4.69, 9.17) is 26.6 Å². The van der Waals surface area contributed by atoms with Gasteiger partial charge in [-0.25, -0.2) is 0 Å². The number of nitrogens with zero attached hydrogens (tertiary/aromatic N) is 1. The van der Waals surface area contributed by atoms with Crippen molar-refractivity contribution in [3.63, 3.8) is 0 Å². The summed E-state index contributed by atoms with van der Waals surface area (Å²) in [4.78, 5) is 2.00. The number of anilines is 1. The number of hydrogen-bond acceptors (Lipinski definition) is 4. The predicted octanol–water partition coefficient (Wildman–Crippen LogP) is 3.04. The first-order chi connectivity index (χ1) is 9.55. The van der Waals surface area contributed by atoms with Crippen molar-refractivity contribution >= 4 is 24.4 Å². The van der Waals surface area contributed by atoms with Gasteiger partial charge in [0.1, 0.15) is 0 Å². The van der Waals surface area contributed by atoms with Crippen LogP contribution in [-0.2, 0) is 9.31 Å². The van der Waals surface area contributed by atoms with Gasteiger partial charge in [0.25, 0.3) is 0 Å². The minimum absolute atomic E-state index is 0.397. The Morgan fingerprint density at radius 1 is 1.14 bits per heavy atom. The molecule has 2 N–H and O–H groups in total. The van der Waals surface area contributed by atoms with E-state index in [2.05, 4.69) is 0 Å². The topological polar surface area (TPSA) is 47.7 Å². The number of hydrogen-bond donors (Lipinski definition) is 1. The molecule has 0 radical (unpaired) electrons. The molecule has 0 amide bonds. The van der Waals surface area contributed by atoms with Crippen molar-refractivity contribution in [3.8, 4) is 0 Å². The first kappa shape index (κ1) is 16.6. The van der Waals surface area contributed by atoms with Crippen LogP contribution in [0.1, 0.15) is 39.2 Å². The Morgan fingerprint density at radius 2 is 1.67 bits per heavy atom. The van der Waals surface area contributed by atoms with Crippen LogP contribution in [-0.4, -0.2) is 32.4 Å². The van der Waals surface area contributed by atoms with Crippen LogP contribution >= 0.6 is 11.6 Å². The Balaban J connectivity index is 2.24. The summed E-state index contributed by atoms with van der Waals surface area (Å²) in [7, 11) is 3.44. The standard InChI is InChI=1S/C15H24BClN2O2/c1-14(2)15(3,4)21-16(20-14)13(18)11-8-7-10(19(5)6)9-12(11)17/h7-9,13H,18H2,1-6H3/t13-/m1/s1. The molecule has 1 fully saturated rings. The van der Waals surface area contributed by atoms with Gasteiger partial charge >= 0.3 is 7.12 Å². The lowest BCUT2D eigenvalue weighted by atomic mass is 9.75. The Kier molecular flexibility index (Phi) is 4.33. The van der Waals surface area contributed by atoms with Crippen molar-refractivity contribution in [2.45, 2.75) is 44.8 Å². The third kappa shape index (κ3) is 3.06. The largest absolute Gasteiger partial charge is 0.480 e. The van der Waals surface area contributed by atoms with E-state index < -0.39 is 24.3 Å². The fourth-order valence-electron chi connectivity index (χ4n) is 2.25. The summed E-state index contributed by atoms with van der Waals surface area (Å²) in [5, 5.41) is 0.628. The van der Waals surface area contributed by atoms with E-state index in [1.54, 1.807) is 0 Å². The monoisotopic (exact) mass is 310 g/mol. The predicted molar refractivity (Wildman–Crippen MR) is 88.8 cm³/mol. The number of rotatable bonds is 3. The molecule has 6 heteroatoms. The van der Waals surface area contributed by atoms with Crippen molar-refractivity contribution in [1.82, 2.24) is 0 Å². The van der Waals surface area contributed by atoms with Gasteiger partial charge in [-0.3, -0.25) is 0 Å². The summed E-state index contributed by atoms with van der Waals surface area (Å²) in [5.74, 6) is -0.422. The first-order valence-electron chi connectivity index (χ1n) is 7.13. The highest BCUT2D eigenvalue weighted by atomic mass is 35.5. The smallest absolute Gasteiger partial charge is 0.402 e. The van der Waals surface area contributed by atoms with Crippen LogP contribution < -0.4 is 10.6 Å². The van der Waals surface area contributed by atoms with Gasteiger partial charge in [-0.1, -0.05) is 17.7 Å². The second-order valence-corrected chi connectivity index (χ2v) is 7.16. The van der Waals surface area contributed by atoms with E-state index in [-0.39, 0.29) is 0 Å². The van der Waals surface area contributed by atoms with Gasteiger partial charge in [0.15, 0.2) is 0 Å². The molecular weight excluding hydrogens is 286 g/mol. The molecule has 1 aliphatic rings. The SMILES string of the molecule is CN(C)c1ccc([C@@H](N)B2OC(C)(C)C(C)(C)O2)c(Cl)c1. The molecule has 2 rings (SSSR count). The Labute approximate surface area is 132 Å². The first-order valence-corrected chi connectivity index (χ1v) is 7.51. The van der Waals surface area contributed by atoms with Gasteiger partial charge in [-0.05, 0) is 45.4 Å². The number of halogens is 1. The minimum Gasteiger partial charge on any atom is -0.402 e. The summed E-state index contributed by atoms with van der Waals surface area (Å²) in [6.07, 6.45) is 0. The average Bonchev–Trinajstić information content (AvgIpc) is 2.57. The third-order valence-corrected chi connectivity index (χ3v) is 4.75. The van der Waals surface area contributed by atoms with E-state index in [1.165, 1.54) is 0 Å². The Morgan fingerprint density at radius 3 is 2.10 bits per heavy atom. The Bertz CT molecular complexity index is 518. The fourth-order valence-corrected chi connectivity index (χ4v) is 2.55. The minimum atomic E-state index is -0.502. The van der Waals surface area contributed by atoms with Gasteiger partial charge in [0, 0.05) is 24.8 Å². The van der Waals surface area contributed by atoms with Gasteiger partial charge in [0.05, 0.1) is 17.1 Å². The molecule has 4 nitrogen and oxygen atoms in total. The summed E-state index contributed by atoms with van der Waals surface area (Å²) < 4.78 is 12.0. The highest BCUT2D eigenvalue weighted by Gasteiger charge is 2.53. The van der Waals surface area contributed by atoms with Crippen LogP contribution in [0.15, 0.2) is 18.2 Å². The van der Waals surface area contributed by atoms with Crippen LogP contribution in [0.25, 0.3) is 0 Å². The zero-order valence-corrected chi connectivity index (χ0v) is 14.4. The fraction of sp³-hybridized carbons (Fsp3) is 0.600. The van der Waals surface area contributed by atoms with Gasteiger partial charge < -0.3 is 19.9 Å². The van der Waals surface area contributed by atoms with E-state index in [0.29, 0.717) is 5.02 Å². The van der Waals surface area contributed by atoms with Crippen LogP contribution in [0, 0.1) is 0 Å². The van der Waals surface area contributed by atoms with E-state index >= 15 is 0 Å². The van der Waals surface area contributed by atoms with Crippen molar-refractivity contribution in [1.29, 1.82) is 0 Å². The zero-order chi connectivity index (χ0) is 16.0. The number of nitrogens with two attached hydrogens (primary N) is 1. The molecule has 0 bridgehead atoms. The lowest BCUT2D eigenvalue weighted by Crippen LogP contribution is -2.41. The lowest BCUT2D eigenvalue weighted by molar-refractivity contribution is 0.00578. The molecule has 116 valence electrons. The van der Waals surface area contributed by atoms with Gasteiger partial charge in [0.2, 0.25) is 0 Å². The maximum atomic E-state index is 6.37. The molecule has 1 heterocycles. The zero-order valence-electron chi connectivity index (χ0n) is 13.6. The summed E-state index contributed by atoms with van der Waals surface area (Å²) in [5.41, 5.74) is 7.39. The van der Waals surface area contributed by atoms with Gasteiger partial charge in [-0.15, -0.1) is 0 Å². The molecule has 1 aromatic carbocycles. The normalized spacial score (nSPS) is 21.4. The molecule has 0 saturated carbocycles. The lowest BCUT2D eigenvalue weighted by Gasteiger charge is -2.32. The average molecular weight is 311 g/mol. The second-order valence-electron chi connectivity index (χ2n) is 6.75. The molecule has 21 heavy (non-hydrogen) atoms. The molecule has 0 aliphatic carbocycles. The van der Waals surface area contributed by atoms with Crippen molar-refractivity contribution in [2.75, 3.05) is 19.0 Å². The highest BCUT2D eigenvalue weighted by molar-refractivity contribution is 6.48. The maximum absolute atomic E-state index is 6.37. The molecule has 1 saturated heterocycles. The van der Waals surface area contributed by atoms with E-state index in [9.17, 15) is 0 Å². The van der Waals surface area contributed by atoms with Crippen LogP contribution in [0.3, 0.4) is 0 Å². The molecule has 0 spiro atoms. The summed E-state index contributed by atoms with van der Waals surface area (Å²) in [6.45, 7) is 8.04. The Hall–Kier alpha value is -0.745. The third-order valence-electron chi connectivity index (χ3n) is 4.42. The molecule has 1 atom stereocenters. The van der Waals surface area contributed by atoms with Crippen molar-refractivity contribution in [3.05, 3.63) is 28.8 Å². The molecule has 0 aromatic heterocycles. The number of benzene rings is 1. The molecule has 1 aromatic rings. The van der Waals surface area contributed by atoms with Gasteiger partial charge in [-0.2, -0.15) is 0 Å². The summed E-state index contributed by atoms with van der Waals surface area (Å²) in [6, 6.07) is 5.83. The van der Waals surface area contributed by atoms with E-state index in [1.807, 2.05) is 64.9 Å². The van der Waals surface area contributed by atoms with Crippen LogP contribution in [0.4, 0.5) is 5.69 Å². The molecule has 1 aliphatic heterocycles. The highest BCUT2D eigenvalue weighted by Crippen LogP contribution is 2.40.